The number of phenolic OH excluding ortho intramolecular Hbond substituents is 1. The van der Waals surface area contributed by atoms with Crippen molar-refractivity contribution in [1.82, 2.24) is 0 Å². The Hall–Kier alpha value is -3.61. The van der Waals surface area contributed by atoms with E-state index >= 15 is 0 Å². The standard InChI is InChI=1S/C21H16O7/c1-26-14-7-10(8-15(27-2)20(14)25)13-9-16(22)28-21-17(13)18(23)11-5-3-4-6-12(11)19(21)24/h3-8,13,25H,9H2,1-2H3/t13-/m1/s1. The fourth-order valence-electron chi connectivity index (χ4n) is 3.61. The molecule has 0 saturated carbocycles. The molecular formula is C21H16O7. The fraction of sp³-hybridized carbons (Fsp3) is 0.190. The second kappa shape index (κ2) is 6.53. The lowest BCUT2D eigenvalue weighted by molar-refractivity contribution is -0.140. The minimum absolute atomic E-state index is 0.123. The van der Waals surface area contributed by atoms with E-state index in [1.807, 2.05) is 0 Å². The van der Waals surface area contributed by atoms with Gasteiger partial charge in [0.2, 0.25) is 11.5 Å². The molecule has 2 aromatic rings. The molecule has 1 aliphatic carbocycles. The molecule has 142 valence electrons. The molecule has 0 aromatic heterocycles. The number of ether oxygens (including phenoxy) is 3. The number of fused-ring (bicyclic) bond motifs is 1. The smallest absolute Gasteiger partial charge is 0.312 e. The third kappa shape index (κ3) is 2.55. The van der Waals surface area contributed by atoms with Crippen LogP contribution in [0.25, 0.3) is 0 Å². The Bertz CT molecular complexity index is 1040. The summed E-state index contributed by atoms with van der Waals surface area (Å²) in [7, 11) is 2.76. The molecule has 2 aliphatic rings. The van der Waals surface area contributed by atoms with Gasteiger partial charge in [0.25, 0.3) is 0 Å². The Labute approximate surface area is 160 Å². The van der Waals surface area contributed by atoms with Crippen molar-refractivity contribution >= 4 is 17.5 Å². The van der Waals surface area contributed by atoms with Crippen LogP contribution in [0.15, 0.2) is 47.7 Å². The summed E-state index contributed by atoms with van der Waals surface area (Å²) in [6.07, 6.45) is -0.128. The zero-order chi connectivity index (χ0) is 20.0. The number of carbonyl (C=O) groups excluding carboxylic acids is 3. The van der Waals surface area contributed by atoms with Crippen LogP contribution < -0.4 is 9.47 Å². The van der Waals surface area contributed by atoms with E-state index in [4.69, 9.17) is 14.2 Å². The number of esters is 1. The molecule has 4 rings (SSSR count). The molecule has 7 heteroatoms. The maximum Gasteiger partial charge on any atom is 0.312 e. The van der Waals surface area contributed by atoms with E-state index < -0.39 is 17.7 Å². The van der Waals surface area contributed by atoms with Gasteiger partial charge in [0.1, 0.15) is 0 Å². The second-order valence-corrected chi connectivity index (χ2v) is 6.45. The number of allylic oxidation sites excluding steroid dienone is 2. The Kier molecular flexibility index (Phi) is 4.15. The number of hydrogen-bond donors (Lipinski definition) is 1. The fourth-order valence-corrected chi connectivity index (χ4v) is 3.61. The first kappa shape index (κ1) is 17.8. The molecule has 2 aromatic carbocycles. The molecule has 1 atom stereocenters. The molecule has 0 fully saturated rings. The minimum Gasteiger partial charge on any atom is -0.502 e. The Morgan fingerprint density at radius 1 is 0.964 bits per heavy atom. The van der Waals surface area contributed by atoms with E-state index in [-0.39, 0.29) is 51.9 Å². The summed E-state index contributed by atoms with van der Waals surface area (Å²) in [5.41, 5.74) is 1.10. The summed E-state index contributed by atoms with van der Waals surface area (Å²) in [6.45, 7) is 0. The normalized spacial score (nSPS) is 18.4. The first-order valence-electron chi connectivity index (χ1n) is 8.54. The van der Waals surface area contributed by atoms with Crippen molar-refractivity contribution in [3.8, 4) is 17.2 Å². The number of hydrogen-bond acceptors (Lipinski definition) is 7. The average Bonchev–Trinajstić information content (AvgIpc) is 2.71. The molecule has 1 heterocycles. The predicted molar refractivity (Wildman–Crippen MR) is 96.8 cm³/mol. The molecule has 0 unspecified atom stereocenters. The molecule has 0 amide bonds. The van der Waals surface area contributed by atoms with Gasteiger partial charge >= 0.3 is 5.97 Å². The average molecular weight is 380 g/mol. The third-order valence-electron chi connectivity index (χ3n) is 4.95. The van der Waals surface area contributed by atoms with Crippen molar-refractivity contribution in [2.45, 2.75) is 12.3 Å². The van der Waals surface area contributed by atoms with Gasteiger partial charge in [-0.25, -0.2) is 0 Å². The van der Waals surface area contributed by atoms with Crippen LogP contribution in [0.1, 0.15) is 38.6 Å². The van der Waals surface area contributed by atoms with Gasteiger partial charge in [-0.2, -0.15) is 0 Å². The molecule has 0 spiro atoms. The van der Waals surface area contributed by atoms with Gasteiger partial charge in [-0.3, -0.25) is 14.4 Å². The zero-order valence-corrected chi connectivity index (χ0v) is 15.1. The quantitative estimate of drug-likeness (QED) is 0.818. The van der Waals surface area contributed by atoms with E-state index in [9.17, 15) is 19.5 Å². The van der Waals surface area contributed by atoms with Gasteiger partial charge in [-0.1, -0.05) is 24.3 Å². The maximum atomic E-state index is 13.1. The molecule has 0 saturated heterocycles. The number of methoxy groups -OCH3 is 2. The van der Waals surface area contributed by atoms with Crippen LogP contribution in [-0.4, -0.2) is 36.9 Å². The highest BCUT2D eigenvalue weighted by molar-refractivity contribution is 6.27. The third-order valence-corrected chi connectivity index (χ3v) is 4.95. The second-order valence-electron chi connectivity index (χ2n) is 6.45. The van der Waals surface area contributed by atoms with Gasteiger partial charge in [-0.05, 0) is 17.7 Å². The monoisotopic (exact) mass is 380 g/mol. The first-order chi connectivity index (χ1) is 13.5. The predicted octanol–water partition coefficient (Wildman–Crippen LogP) is 2.77. The topological polar surface area (TPSA) is 99.1 Å². The number of carbonyl (C=O) groups is 3. The number of phenols is 1. The van der Waals surface area contributed by atoms with E-state index in [2.05, 4.69) is 0 Å². The van der Waals surface area contributed by atoms with Gasteiger partial charge in [0, 0.05) is 17.0 Å². The lowest BCUT2D eigenvalue weighted by Gasteiger charge is -2.30. The molecule has 0 bridgehead atoms. The van der Waals surface area contributed by atoms with Gasteiger partial charge < -0.3 is 19.3 Å². The summed E-state index contributed by atoms with van der Waals surface area (Å²) in [4.78, 5) is 38.2. The number of aromatic hydroxyl groups is 1. The van der Waals surface area contributed by atoms with Crippen molar-refractivity contribution in [2.75, 3.05) is 14.2 Å². The van der Waals surface area contributed by atoms with Crippen molar-refractivity contribution < 1.29 is 33.7 Å². The van der Waals surface area contributed by atoms with Crippen LogP contribution in [0.2, 0.25) is 0 Å². The van der Waals surface area contributed by atoms with Gasteiger partial charge in [0.15, 0.2) is 23.0 Å². The Morgan fingerprint density at radius 3 is 2.11 bits per heavy atom. The summed E-state index contributed by atoms with van der Waals surface area (Å²) in [5.74, 6) is -2.39. The highest BCUT2D eigenvalue weighted by Crippen LogP contribution is 2.45. The van der Waals surface area contributed by atoms with E-state index in [1.54, 1.807) is 18.2 Å². The number of rotatable bonds is 3. The SMILES string of the molecule is COc1cc([C@H]2CC(=O)OC3=C2C(=O)c2ccccc2C3=O)cc(OC)c1O. The van der Waals surface area contributed by atoms with Crippen LogP contribution >= 0.6 is 0 Å². The summed E-state index contributed by atoms with van der Waals surface area (Å²) < 4.78 is 15.5. The number of Topliss-reactive ketones (excluding diaryl/α,β-unsaturated/α-hetero) is 2. The first-order valence-corrected chi connectivity index (χ1v) is 8.54. The van der Waals surface area contributed by atoms with E-state index in [0.717, 1.165) is 0 Å². The van der Waals surface area contributed by atoms with Crippen LogP contribution in [0.5, 0.6) is 17.2 Å². The molecule has 1 aliphatic heterocycles. The van der Waals surface area contributed by atoms with Crippen LogP contribution in [-0.2, 0) is 9.53 Å². The molecular weight excluding hydrogens is 364 g/mol. The Balaban J connectivity index is 1.92. The van der Waals surface area contributed by atoms with E-state index in [1.165, 1.54) is 32.4 Å². The molecule has 1 N–H and O–H groups in total. The highest BCUT2D eigenvalue weighted by atomic mass is 16.5. The largest absolute Gasteiger partial charge is 0.502 e. The highest BCUT2D eigenvalue weighted by Gasteiger charge is 2.43. The minimum atomic E-state index is -0.732. The summed E-state index contributed by atoms with van der Waals surface area (Å²) in [6, 6.07) is 9.46. The van der Waals surface area contributed by atoms with Crippen LogP contribution in [0.4, 0.5) is 0 Å². The van der Waals surface area contributed by atoms with E-state index in [0.29, 0.717) is 5.56 Å². The van der Waals surface area contributed by atoms with Crippen molar-refractivity contribution in [1.29, 1.82) is 0 Å². The van der Waals surface area contributed by atoms with Crippen LogP contribution in [0.3, 0.4) is 0 Å². The summed E-state index contributed by atoms with van der Waals surface area (Å²) >= 11 is 0. The Morgan fingerprint density at radius 2 is 1.54 bits per heavy atom. The molecule has 7 nitrogen and oxygen atoms in total. The lowest BCUT2D eigenvalue weighted by Crippen LogP contribution is -2.32. The zero-order valence-electron chi connectivity index (χ0n) is 15.1. The number of benzene rings is 2. The van der Waals surface area contributed by atoms with Gasteiger partial charge in [0.05, 0.1) is 26.2 Å². The van der Waals surface area contributed by atoms with Crippen molar-refractivity contribution in [2.24, 2.45) is 0 Å². The maximum absolute atomic E-state index is 13.1. The van der Waals surface area contributed by atoms with Crippen molar-refractivity contribution in [3.05, 3.63) is 64.4 Å². The molecule has 28 heavy (non-hydrogen) atoms. The van der Waals surface area contributed by atoms with Crippen LogP contribution in [0, 0.1) is 0 Å². The van der Waals surface area contributed by atoms with Crippen molar-refractivity contribution in [3.63, 3.8) is 0 Å². The summed E-state index contributed by atoms with van der Waals surface area (Å²) in [5, 5.41) is 10.1. The lowest BCUT2D eigenvalue weighted by atomic mass is 9.77. The number of ketones is 2. The van der Waals surface area contributed by atoms with Gasteiger partial charge in [-0.15, -0.1) is 0 Å². The molecule has 0 radical (unpaired) electrons.